The number of fused-ring (bicyclic) bond motifs is 5. The van der Waals surface area contributed by atoms with Gasteiger partial charge in [0.05, 0.1) is 16.8 Å². The third kappa shape index (κ3) is 4.34. The Labute approximate surface area is 211 Å². The molecule has 4 nitrogen and oxygen atoms in total. The quantitative estimate of drug-likeness (QED) is 0.381. The van der Waals surface area contributed by atoms with Gasteiger partial charge in [-0.05, 0) is 73.5 Å². The summed E-state index contributed by atoms with van der Waals surface area (Å²) in [7, 11) is 0. The summed E-state index contributed by atoms with van der Waals surface area (Å²) in [5, 5.41) is 2.14. The second-order valence-electron chi connectivity index (χ2n) is 11.7. The molecule has 2 amide bonds. The van der Waals surface area contributed by atoms with Gasteiger partial charge < -0.3 is 5.32 Å². The smallest absolute Gasteiger partial charge is 0.307 e. The topological polar surface area (TPSA) is 49.4 Å². The molecule has 37 heavy (non-hydrogen) atoms. The van der Waals surface area contributed by atoms with E-state index in [0.29, 0.717) is 42.7 Å². The first-order valence-electron chi connectivity index (χ1n) is 12.8. The maximum absolute atomic E-state index is 13.7. The second-order valence-corrected chi connectivity index (χ2v) is 11.7. The number of nitrogens with one attached hydrogen (secondary N) is 1. The Balaban J connectivity index is 1.54. The van der Waals surface area contributed by atoms with E-state index in [-0.39, 0.29) is 29.6 Å². The highest BCUT2D eigenvalue weighted by Gasteiger charge is 2.59. The molecule has 1 N–H and O–H groups in total. The number of carbonyl (C=O) groups excluding carboxylic acids is 2. The minimum absolute atomic E-state index is 0.103. The number of benzene rings is 1. The number of ketones is 1. The van der Waals surface area contributed by atoms with E-state index < -0.39 is 40.6 Å². The molecule has 3 fully saturated rings. The molecule has 1 aliphatic heterocycles. The van der Waals surface area contributed by atoms with E-state index in [9.17, 15) is 35.9 Å². The fourth-order valence-corrected chi connectivity index (χ4v) is 7.74. The van der Waals surface area contributed by atoms with Crippen molar-refractivity contribution in [3.63, 3.8) is 0 Å². The van der Waals surface area contributed by atoms with Gasteiger partial charge in [0.2, 0.25) is 0 Å². The average molecular weight is 529 g/mol. The van der Waals surface area contributed by atoms with Crippen LogP contribution >= 0.6 is 0 Å². The molecule has 2 saturated carbocycles. The van der Waals surface area contributed by atoms with Crippen molar-refractivity contribution in [2.75, 3.05) is 11.9 Å². The molecule has 0 bridgehead atoms. The molecule has 0 unspecified atom stereocenters. The van der Waals surface area contributed by atoms with E-state index >= 15 is 0 Å². The van der Waals surface area contributed by atoms with Crippen molar-refractivity contribution in [3.8, 4) is 0 Å². The van der Waals surface area contributed by atoms with E-state index in [4.69, 9.17) is 0 Å². The second kappa shape index (κ2) is 8.50. The van der Waals surface area contributed by atoms with Gasteiger partial charge in [-0.2, -0.15) is 26.3 Å². The largest absolute Gasteiger partial charge is 0.418 e. The van der Waals surface area contributed by atoms with Crippen LogP contribution in [0, 0.1) is 28.6 Å². The first-order chi connectivity index (χ1) is 17.1. The summed E-state index contributed by atoms with van der Waals surface area (Å²) in [6.45, 7) is 4.51. The number of rotatable bonds is 1. The molecule has 5 atom stereocenters. The lowest BCUT2D eigenvalue weighted by atomic mass is 9.50. The maximum atomic E-state index is 13.7. The molecule has 4 aliphatic rings. The van der Waals surface area contributed by atoms with E-state index in [0.717, 1.165) is 32.1 Å². The van der Waals surface area contributed by atoms with Crippen molar-refractivity contribution in [3.05, 3.63) is 41.1 Å². The van der Waals surface area contributed by atoms with Gasteiger partial charge in [0.15, 0.2) is 5.78 Å². The number of anilines is 1. The van der Waals surface area contributed by atoms with Crippen molar-refractivity contribution in [1.82, 2.24) is 4.90 Å². The van der Waals surface area contributed by atoms with Crippen molar-refractivity contribution in [2.45, 2.75) is 71.1 Å². The lowest BCUT2D eigenvalue weighted by Crippen LogP contribution is -2.59. The summed E-state index contributed by atoms with van der Waals surface area (Å²) in [5.74, 6) is 0.509. The Hall–Kier alpha value is -2.52. The number of allylic oxidation sites excluding steroid dienone is 2. The normalized spacial score (nSPS) is 33.8. The highest BCUT2D eigenvalue weighted by Crippen LogP contribution is 2.64. The summed E-state index contributed by atoms with van der Waals surface area (Å²) < 4.78 is 80.9. The number of amides is 2. The van der Waals surface area contributed by atoms with Crippen LogP contribution in [-0.2, 0) is 17.1 Å². The Morgan fingerprint density at radius 2 is 1.73 bits per heavy atom. The first-order valence-corrected chi connectivity index (χ1v) is 12.8. The number of urea groups is 1. The number of nitrogens with zero attached hydrogens (tertiary/aromatic N) is 1. The zero-order valence-electron chi connectivity index (χ0n) is 20.7. The lowest BCUT2D eigenvalue weighted by Gasteiger charge is -2.59. The fourth-order valence-electron chi connectivity index (χ4n) is 7.74. The number of hydrogen-bond donors (Lipinski definition) is 1. The maximum Gasteiger partial charge on any atom is 0.418 e. The van der Waals surface area contributed by atoms with Crippen LogP contribution in [0.25, 0.3) is 0 Å². The zero-order chi connectivity index (χ0) is 27.0. The van der Waals surface area contributed by atoms with Gasteiger partial charge >= 0.3 is 18.4 Å². The van der Waals surface area contributed by atoms with Crippen LogP contribution < -0.4 is 5.32 Å². The van der Waals surface area contributed by atoms with E-state index in [1.807, 2.05) is 6.92 Å². The van der Waals surface area contributed by atoms with Gasteiger partial charge in [0.1, 0.15) is 0 Å². The van der Waals surface area contributed by atoms with Crippen LogP contribution in [0.15, 0.2) is 30.0 Å². The predicted octanol–water partition coefficient (Wildman–Crippen LogP) is 7.66. The van der Waals surface area contributed by atoms with E-state index in [1.165, 1.54) is 11.0 Å². The Kier molecular flexibility index (Phi) is 5.99. The summed E-state index contributed by atoms with van der Waals surface area (Å²) in [4.78, 5) is 27.3. The molecule has 5 rings (SSSR count). The molecule has 3 aliphatic carbocycles. The molecule has 202 valence electrons. The van der Waals surface area contributed by atoms with Crippen molar-refractivity contribution in [2.24, 2.45) is 28.6 Å². The van der Waals surface area contributed by atoms with Gasteiger partial charge in [-0.25, -0.2) is 4.79 Å². The summed E-state index contributed by atoms with van der Waals surface area (Å²) in [6, 6.07) is 0.0675. The van der Waals surface area contributed by atoms with Gasteiger partial charge in [0, 0.05) is 30.2 Å². The van der Waals surface area contributed by atoms with Crippen molar-refractivity contribution >= 4 is 17.5 Å². The van der Waals surface area contributed by atoms with Crippen molar-refractivity contribution < 1.29 is 35.9 Å². The van der Waals surface area contributed by atoms with E-state index in [2.05, 4.69) is 12.2 Å². The molecule has 1 saturated heterocycles. The monoisotopic (exact) mass is 528 g/mol. The van der Waals surface area contributed by atoms with Crippen LogP contribution in [0.3, 0.4) is 0 Å². The summed E-state index contributed by atoms with van der Waals surface area (Å²) in [5.41, 5.74) is -3.52. The van der Waals surface area contributed by atoms with Crippen molar-refractivity contribution in [1.29, 1.82) is 0 Å². The standard InChI is InChI=1S/C27H30F6N2O2/c1-24-9-3-4-18(24)17-14-35(22-13-16(36)7-11-25(22,2)19(17)8-10-24)23(37)34-21-12-15(26(28,29)30)5-6-20(21)27(31,32)33/h5-6,12-13,17-19H,3-4,7-11,14H2,1-2H3,(H,34,37)/t17-,18-,19-,24-,25+/m0/s1. The number of alkyl halides is 6. The zero-order valence-corrected chi connectivity index (χ0v) is 20.7. The molecule has 1 aromatic rings. The van der Waals surface area contributed by atoms with Crippen LogP contribution in [0.2, 0.25) is 0 Å². The SMILES string of the molecule is C[C@@]12CCC[C@H]1[C@@H]1CN(C(=O)Nc3cc(C(F)(F)F)ccc3C(F)(F)F)C3=CC(=O)CC[C@]3(C)[C@H]1CC2. The number of piperidine rings is 1. The third-order valence-electron chi connectivity index (χ3n) is 9.63. The Morgan fingerprint density at radius 3 is 2.41 bits per heavy atom. The van der Waals surface area contributed by atoms with Gasteiger partial charge in [-0.15, -0.1) is 0 Å². The predicted molar refractivity (Wildman–Crippen MR) is 124 cm³/mol. The van der Waals surface area contributed by atoms with Gasteiger partial charge in [0.25, 0.3) is 0 Å². The Bertz CT molecular complexity index is 1160. The highest BCUT2D eigenvalue weighted by molar-refractivity contribution is 5.95. The number of hydrogen-bond acceptors (Lipinski definition) is 2. The number of halogens is 6. The molecule has 0 aromatic heterocycles. The average Bonchev–Trinajstić information content (AvgIpc) is 3.19. The molecule has 1 heterocycles. The number of carbonyl (C=O) groups is 2. The fraction of sp³-hybridized carbons (Fsp3) is 0.630. The first kappa shape index (κ1) is 26.1. The third-order valence-corrected chi connectivity index (χ3v) is 9.63. The molecular weight excluding hydrogens is 498 g/mol. The molecule has 0 spiro atoms. The number of likely N-dealkylation sites (tertiary alicyclic amines) is 1. The van der Waals surface area contributed by atoms with Crippen LogP contribution in [0.5, 0.6) is 0 Å². The minimum Gasteiger partial charge on any atom is -0.307 e. The molecule has 10 heteroatoms. The Morgan fingerprint density at radius 1 is 1.00 bits per heavy atom. The van der Waals surface area contributed by atoms with Crippen LogP contribution in [0.4, 0.5) is 36.8 Å². The van der Waals surface area contributed by atoms with Gasteiger partial charge in [-0.1, -0.05) is 20.3 Å². The van der Waals surface area contributed by atoms with Gasteiger partial charge in [-0.3, -0.25) is 9.69 Å². The van der Waals surface area contributed by atoms with Crippen LogP contribution in [0.1, 0.15) is 69.9 Å². The molecule has 1 aromatic carbocycles. The lowest BCUT2D eigenvalue weighted by molar-refractivity contribution is -0.140. The van der Waals surface area contributed by atoms with E-state index in [1.54, 1.807) is 0 Å². The van der Waals surface area contributed by atoms with Crippen LogP contribution in [-0.4, -0.2) is 23.3 Å². The highest BCUT2D eigenvalue weighted by atomic mass is 19.4. The molecular formula is C27H30F6N2O2. The molecule has 0 radical (unpaired) electrons. The summed E-state index contributed by atoms with van der Waals surface area (Å²) >= 11 is 0. The summed E-state index contributed by atoms with van der Waals surface area (Å²) in [6.07, 6.45) is -2.40. The minimum atomic E-state index is -4.97.